The lowest BCUT2D eigenvalue weighted by atomic mass is 10.1. The molecule has 76 valence electrons. The maximum absolute atomic E-state index is 11.7. The SMILES string of the molecule is COCC(=O)c1nccc2ccccc12. The molecule has 0 unspecified atom stereocenters. The number of ether oxygens (including phenoxy) is 1. The number of pyridine rings is 1. The summed E-state index contributed by atoms with van der Waals surface area (Å²) in [5, 5.41) is 1.90. The van der Waals surface area contributed by atoms with Crippen LogP contribution in [-0.4, -0.2) is 24.5 Å². The van der Waals surface area contributed by atoms with E-state index in [1.807, 2.05) is 30.3 Å². The van der Waals surface area contributed by atoms with Gasteiger partial charge >= 0.3 is 0 Å². The molecule has 1 heterocycles. The first-order valence-corrected chi connectivity index (χ1v) is 4.69. The summed E-state index contributed by atoms with van der Waals surface area (Å²) >= 11 is 0. The monoisotopic (exact) mass is 201 g/mol. The van der Waals surface area contributed by atoms with E-state index < -0.39 is 0 Å². The summed E-state index contributed by atoms with van der Waals surface area (Å²) in [7, 11) is 1.50. The minimum atomic E-state index is -0.0886. The normalized spacial score (nSPS) is 10.5. The number of Topliss-reactive ketones (excluding diaryl/α,β-unsaturated/α-hetero) is 1. The Bertz CT molecular complexity index is 488. The first-order valence-electron chi connectivity index (χ1n) is 4.69. The third-order valence-corrected chi connectivity index (χ3v) is 2.21. The molecular weight excluding hydrogens is 190 g/mol. The van der Waals surface area contributed by atoms with Gasteiger partial charge in [-0.2, -0.15) is 0 Å². The molecule has 0 aliphatic rings. The number of methoxy groups -OCH3 is 1. The van der Waals surface area contributed by atoms with E-state index in [-0.39, 0.29) is 12.4 Å². The third kappa shape index (κ3) is 1.87. The molecule has 1 aromatic heterocycles. The molecule has 0 radical (unpaired) electrons. The van der Waals surface area contributed by atoms with Crippen LogP contribution in [-0.2, 0) is 4.74 Å². The van der Waals surface area contributed by atoms with Gasteiger partial charge in [0.05, 0.1) is 0 Å². The van der Waals surface area contributed by atoms with E-state index in [1.54, 1.807) is 6.20 Å². The second kappa shape index (κ2) is 4.19. The number of fused-ring (bicyclic) bond motifs is 1. The lowest BCUT2D eigenvalue weighted by Gasteiger charge is -2.03. The predicted molar refractivity (Wildman–Crippen MR) is 57.9 cm³/mol. The average Bonchev–Trinajstić information content (AvgIpc) is 2.28. The van der Waals surface area contributed by atoms with Gasteiger partial charge in [0.15, 0.2) is 0 Å². The molecule has 0 atom stereocenters. The Morgan fingerprint density at radius 1 is 1.33 bits per heavy atom. The fraction of sp³-hybridized carbons (Fsp3) is 0.167. The molecule has 0 spiro atoms. The number of hydrogen-bond acceptors (Lipinski definition) is 3. The summed E-state index contributed by atoms with van der Waals surface area (Å²) in [5.74, 6) is -0.0886. The fourth-order valence-electron chi connectivity index (χ4n) is 1.54. The molecule has 0 amide bonds. The van der Waals surface area contributed by atoms with Crippen molar-refractivity contribution in [3.05, 3.63) is 42.2 Å². The molecule has 0 N–H and O–H groups in total. The molecule has 0 saturated heterocycles. The van der Waals surface area contributed by atoms with Crippen LogP contribution >= 0.6 is 0 Å². The zero-order valence-electron chi connectivity index (χ0n) is 8.43. The number of nitrogens with zero attached hydrogens (tertiary/aromatic N) is 1. The Morgan fingerprint density at radius 2 is 2.13 bits per heavy atom. The van der Waals surface area contributed by atoms with Crippen LogP contribution in [0.4, 0.5) is 0 Å². The predicted octanol–water partition coefficient (Wildman–Crippen LogP) is 2.06. The molecule has 3 nitrogen and oxygen atoms in total. The minimum Gasteiger partial charge on any atom is -0.376 e. The number of rotatable bonds is 3. The topological polar surface area (TPSA) is 39.2 Å². The molecule has 0 aliphatic heterocycles. The number of ketones is 1. The molecular formula is C12H11NO2. The van der Waals surface area contributed by atoms with Gasteiger partial charge in [0.2, 0.25) is 5.78 Å². The summed E-state index contributed by atoms with van der Waals surface area (Å²) in [6, 6.07) is 9.57. The molecule has 3 heteroatoms. The van der Waals surface area contributed by atoms with Crippen LogP contribution in [0.15, 0.2) is 36.5 Å². The van der Waals surface area contributed by atoms with Crippen LogP contribution in [0, 0.1) is 0 Å². The van der Waals surface area contributed by atoms with Crippen molar-refractivity contribution in [3.63, 3.8) is 0 Å². The number of carbonyl (C=O) groups excluding carboxylic acids is 1. The van der Waals surface area contributed by atoms with Crippen molar-refractivity contribution < 1.29 is 9.53 Å². The van der Waals surface area contributed by atoms with Gasteiger partial charge in [-0.15, -0.1) is 0 Å². The van der Waals surface area contributed by atoms with Crippen LogP contribution in [0.3, 0.4) is 0 Å². The minimum absolute atomic E-state index is 0.0704. The number of hydrogen-bond donors (Lipinski definition) is 0. The van der Waals surface area contributed by atoms with Gasteiger partial charge in [-0.05, 0) is 11.5 Å². The van der Waals surface area contributed by atoms with Gasteiger partial charge in [-0.3, -0.25) is 9.78 Å². The van der Waals surface area contributed by atoms with E-state index >= 15 is 0 Å². The largest absolute Gasteiger partial charge is 0.376 e. The Labute approximate surface area is 87.7 Å². The third-order valence-electron chi connectivity index (χ3n) is 2.21. The molecule has 0 saturated carbocycles. The zero-order chi connectivity index (χ0) is 10.7. The maximum atomic E-state index is 11.7. The molecule has 0 aliphatic carbocycles. The van der Waals surface area contributed by atoms with Crippen molar-refractivity contribution in [1.82, 2.24) is 4.98 Å². The van der Waals surface area contributed by atoms with E-state index in [0.29, 0.717) is 5.69 Å². The smallest absolute Gasteiger partial charge is 0.207 e. The standard InChI is InChI=1S/C12H11NO2/c1-15-8-11(14)12-10-5-3-2-4-9(10)6-7-13-12/h2-7H,8H2,1H3. The zero-order valence-corrected chi connectivity index (χ0v) is 8.43. The molecule has 1 aromatic carbocycles. The molecule has 0 fully saturated rings. The summed E-state index contributed by atoms with van der Waals surface area (Å²) < 4.78 is 4.82. The number of benzene rings is 1. The lowest BCUT2D eigenvalue weighted by molar-refractivity contribution is 0.0845. The van der Waals surface area contributed by atoms with Crippen LogP contribution in [0.5, 0.6) is 0 Å². The van der Waals surface area contributed by atoms with Crippen molar-refractivity contribution in [2.75, 3.05) is 13.7 Å². The second-order valence-electron chi connectivity index (χ2n) is 3.24. The molecule has 2 rings (SSSR count). The van der Waals surface area contributed by atoms with Gasteiger partial charge in [-0.1, -0.05) is 24.3 Å². The van der Waals surface area contributed by atoms with Crippen LogP contribution in [0.2, 0.25) is 0 Å². The fourth-order valence-corrected chi connectivity index (χ4v) is 1.54. The van der Waals surface area contributed by atoms with Crippen molar-refractivity contribution >= 4 is 16.6 Å². The highest BCUT2D eigenvalue weighted by Crippen LogP contribution is 2.16. The molecule has 15 heavy (non-hydrogen) atoms. The number of carbonyl (C=O) groups is 1. The van der Waals surface area contributed by atoms with Crippen LogP contribution in [0.25, 0.3) is 10.8 Å². The van der Waals surface area contributed by atoms with Crippen molar-refractivity contribution in [1.29, 1.82) is 0 Å². The van der Waals surface area contributed by atoms with Gasteiger partial charge in [-0.25, -0.2) is 0 Å². The van der Waals surface area contributed by atoms with Gasteiger partial charge in [0.25, 0.3) is 0 Å². The van der Waals surface area contributed by atoms with Gasteiger partial charge in [0.1, 0.15) is 12.3 Å². The van der Waals surface area contributed by atoms with E-state index in [0.717, 1.165) is 10.8 Å². The first kappa shape index (κ1) is 9.80. The lowest BCUT2D eigenvalue weighted by Crippen LogP contribution is -2.09. The summed E-state index contributed by atoms with van der Waals surface area (Å²) in [6.07, 6.45) is 1.64. The molecule has 0 bridgehead atoms. The summed E-state index contributed by atoms with van der Waals surface area (Å²) in [5.41, 5.74) is 0.481. The van der Waals surface area contributed by atoms with E-state index in [2.05, 4.69) is 4.98 Å². The van der Waals surface area contributed by atoms with Crippen LogP contribution < -0.4 is 0 Å². The quantitative estimate of drug-likeness (QED) is 0.713. The second-order valence-corrected chi connectivity index (χ2v) is 3.24. The highest BCUT2D eigenvalue weighted by atomic mass is 16.5. The van der Waals surface area contributed by atoms with Crippen molar-refractivity contribution in [3.8, 4) is 0 Å². The van der Waals surface area contributed by atoms with Gasteiger partial charge in [0, 0.05) is 18.7 Å². The highest BCUT2D eigenvalue weighted by molar-refractivity contribution is 6.06. The van der Waals surface area contributed by atoms with E-state index in [1.165, 1.54) is 7.11 Å². The Balaban J connectivity index is 2.56. The summed E-state index contributed by atoms with van der Waals surface area (Å²) in [4.78, 5) is 15.8. The van der Waals surface area contributed by atoms with Crippen molar-refractivity contribution in [2.45, 2.75) is 0 Å². The van der Waals surface area contributed by atoms with E-state index in [9.17, 15) is 4.79 Å². The Kier molecular flexibility index (Phi) is 2.74. The van der Waals surface area contributed by atoms with E-state index in [4.69, 9.17) is 4.74 Å². The van der Waals surface area contributed by atoms with Crippen LogP contribution in [0.1, 0.15) is 10.5 Å². The Morgan fingerprint density at radius 3 is 2.93 bits per heavy atom. The van der Waals surface area contributed by atoms with Crippen molar-refractivity contribution in [2.24, 2.45) is 0 Å². The first-order chi connectivity index (χ1) is 7.33. The molecule has 2 aromatic rings. The average molecular weight is 201 g/mol. The highest BCUT2D eigenvalue weighted by Gasteiger charge is 2.10. The maximum Gasteiger partial charge on any atom is 0.207 e. The Hall–Kier alpha value is -1.74. The summed E-state index contributed by atoms with van der Waals surface area (Å²) in [6.45, 7) is 0.0704. The number of aromatic nitrogens is 1. The van der Waals surface area contributed by atoms with Gasteiger partial charge < -0.3 is 4.74 Å².